The third-order valence-electron chi connectivity index (χ3n) is 4.22. The smallest absolute Gasteiger partial charge is 0.195 e. The number of rotatable bonds is 6. The highest BCUT2D eigenvalue weighted by Crippen LogP contribution is 2.34. The Morgan fingerprint density at radius 3 is 2.76 bits per heavy atom. The lowest BCUT2D eigenvalue weighted by Gasteiger charge is -2.37. The second kappa shape index (κ2) is 6.54. The molecular formula is C14H21ClN2O2S2. The van der Waals surface area contributed by atoms with Crippen LogP contribution in [0.15, 0.2) is 16.8 Å². The molecule has 1 unspecified atom stereocenters. The highest BCUT2D eigenvalue weighted by Gasteiger charge is 2.43. The number of hydrogen-bond donors (Lipinski definition) is 0. The van der Waals surface area contributed by atoms with Crippen LogP contribution in [0.1, 0.15) is 37.7 Å². The summed E-state index contributed by atoms with van der Waals surface area (Å²) < 4.78 is 29.5. The van der Waals surface area contributed by atoms with Crippen LogP contribution in [0.25, 0.3) is 0 Å². The minimum absolute atomic E-state index is 0.0471. The van der Waals surface area contributed by atoms with E-state index in [-0.39, 0.29) is 12.1 Å². The lowest BCUT2D eigenvalue weighted by molar-refractivity contribution is 0.242. The monoisotopic (exact) mass is 348 g/mol. The van der Waals surface area contributed by atoms with Gasteiger partial charge in [0, 0.05) is 31.1 Å². The quantitative estimate of drug-likeness (QED) is 0.741. The number of hydrogen-bond acceptors (Lipinski definition) is 3. The van der Waals surface area contributed by atoms with Gasteiger partial charge in [0.15, 0.2) is 0 Å². The van der Waals surface area contributed by atoms with E-state index in [4.69, 9.17) is 11.6 Å². The maximum absolute atomic E-state index is 13.1. The lowest BCUT2D eigenvalue weighted by Crippen LogP contribution is -2.51. The fourth-order valence-corrected chi connectivity index (χ4v) is 6.04. The Morgan fingerprint density at radius 1 is 1.33 bits per heavy atom. The summed E-state index contributed by atoms with van der Waals surface area (Å²) in [5.41, 5.74) is 1.08. The van der Waals surface area contributed by atoms with E-state index in [1.165, 1.54) is 0 Å². The van der Waals surface area contributed by atoms with Gasteiger partial charge in [-0.25, -0.2) is 0 Å². The van der Waals surface area contributed by atoms with Gasteiger partial charge >= 0.3 is 0 Å². The molecule has 0 bridgehead atoms. The van der Waals surface area contributed by atoms with E-state index >= 15 is 0 Å². The molecule has 1 aliphatic heterocycles. The van der Waals surface area contributed by atoms with Crippen molar-refractivity contribution in [2.45, 2.75) is 50.7 Å². The summed E-state index contributed by atoms with van der Waals surface area (Å²) in [6.07, 6.45) is 4.83. The van der Waals surface area contributed by atoms with Crippen molar-refractivity contribution in [2.75, 3.05) is 12.4 Å². The highest BCUT2D eigenvalue weighted by molar-refractivity contribution is 7.86. The summed E-state index contributed by atoms with van der Waals surface area (Å²) in [5, 5.41) is 4.02. The van der Waals surface area contributed by atoms with Crippen LogP contribution in [-0.4, -0.2) is 41.5 Å². The van der Waals surface area contributed by atoms with Crippen LogP contribution in [0.5, 0.6) is 0 Å². The van der Waals surface area contributed by atoms with Crippen molar-refractivity contribution < 1.29 is 8.42 Å². The fraction of sp³-hybridized carbons (Fsp3) is 0.714. The van der Waals surface area contributed by atoms with Crippen molar-refractivity contribution in [3.63, 3.8) is 0 Å². The predicted molar refractivity (Wildman–Crippen MR) is 86.9 cm³/mol. The first-order valence-electron chi connectivity index (χ1n) is 7.48. The summed E-state index contributed by atoms with van der Waals surface area (Å²) in [5.74, 6) is 0.385. The van der Waals surface area contributed by atoms with Gasteiger partial charge in [0.25, 0.3) is 10.2 Å². The van der Waals surface area contributed by atoms with Crippen LogP contribution in [0.3, 0.4) is 0 Å². The van der Waals surface area contributed by atoms with E-state index in [0.717, 1.165) is 37.7 Å². The molecule has 2 aliphatic rings. The van der Waals surface area contributed by atoms with Crippen molar-refractivity contribution in [1.29, 1.82) is 0 Å². The molecular weight excluding hydrogens is 328 g/mol. The van der Waals surface area contributed by atoms with Crippen LogP contribution in [0.4, 0.5) is 0 Å². The maximum atomic E-state index is 13.1. The van der Waals surface area contributed by atoms with Gasteiger partial charge in [-0.2, -0.15) is 28.4 Å². The zero-order chi connectivity index (χ0) is 14.9. The number of thiophene rings is 1. The summed E-state index contributed by atoms with van der Waals surface area (Å²) in [6, 6.07) is 2.13. The third-order valence-corrected chi connectivity index (χ3v) is 7.40. The first-order chi connectivity index (χ1) is 10.1. The van der Waals surface area contributed by atoms with Gasteiger partial charge in [-0.15, -0.1) is 11.6 Å². The Morgan fingerprint density at radius 2 is 2.14 bits per heavy atom. The largest absolute Gasteiger partial charge is 0.282 e. The molecule has 1 aromatic rings. The number of alkyl halides is 1. The molecule has 21 heavy (non-hydrogen) atoms. The van der Waals surface area contributed by atoms with Gasteiger partial charge in [-0.05, 0) is 48.1 Å². The predicted octanol–water partition coefficient (Wildman–Crippen LogP) is 3.05. The molecule has 1 atom stereocenters. The molecule has 1 saturated heterocycles. The lowest BCUT2D eigenvalue weighted by atomic mass is 10.1. The van der Waals surface area contributed by atoms with Crippen LogP contribution in [0.2, 0.25) is 0 Å². The van der Waals surface area contributed by atoms with Gasteiger partial charge in [-0.3, -0.25) is 0 Å². The number of halogens is 1. The second-order valence-electron chi connectivity index (χ2n) is 5.83. The zero-order valence-corrected chi connectivity index (χ0v) is 14.3. The number of piperidine rings is 1. The van der Waals surface area contributed by atoms with Crippen molar-refractivity contribution >= 4 is 33.1 Å². The number of nitrogens with zero attached hydrogens (tertiary/aromatic N) is 2. The van der Waals surface area contributed by atoms with Gasteiger partial charge in [0.05, 0.1) is 0 Å². The molecule has 0 N–H and O–H groups in total. The summed E-state index contributed by atoms with van der Waals surface area (Å²) in [6.45, 7) is 1.09. The van der Waals surface area contributed by atoms with E-state index in [2.05, 4.69) is 0 Å². The molecule has 0 amide bonds. The molecule has 0 spiro atoms. The van der Waals surface area contributed by atoms with Gasteiger partial charge in [0.2, 0.25) is 0 Å². The molecule has 2 heterocycles. The molecule has 118 valence electrons. The maximum Gasteiger partial charge on any atom is 0.282 e. The first-order valence-corrected chi connectivity index (χ1v) is 10.4. The van der Waals surface area contributed by atoms with Crippen LogP contribution < -0.4 is 0 Å². The fourth-order valence-electron chi connectivity index (χ4n) is 2.89. The van der Waals surface area contributed by atoms with E-state index in [1.54, 1.807) is 19.9 Å². The second-order valence-corrected chi connectivity index (χ2v) is 8.75. The molecule has 3 rings (SSSR count). The minimum Gasteiger partial charge on any atom is -0.195 e. The van der Waals surface area contributed by atoms with Gasteiger partial charge in [0.1, 0.15) is 0 Å². The van der Waals surface area contributed by atoms with Crippen LogP contribution >= 0.6 is 22.9 Å². The Balaban J connectivity index is 1.82. The summed E-state index contributed by atoms with van der Waals surface area (Å²) in [7, 11) is -3.41. The standard InChI is InChI=1S/C14H21ClN2O2S2/c15-9-14-3-1-2-7-16(14)21(18,19)17(13-4-5-13)10-12-6-8-20-11-12/h6,8,11,13-14H,1-5,7,9-10H2. The first kappa shape index (κ1) is 15.7. The van der Waals surface area contributed by atoms with E-state index < -0.39 is 10.2 Å². The van der Waals surface area contributed by atoms with Crippen molar-refractivity contribution in [1.82, 2.24) is 8.61 Å². The Bertz CT molecular complexity index is 558. The van der Waals surface area contributed by atoms with E-state index in [0.29, 0.717) is 19.0 Å². The molecule has 2 fully saturated rings. The van der Waals surface area contributed by atoms with Gasteiger partial charge in [-0.1, -0.05) is 6.42 Å². The van der Waals surface area contributed by atoms with Crippen molar-refractivity contribution in [3.05, 3.63) is 22.4 Å². The minimum atomic E-state index is -3.41. The molecule has 7 heteroatoms. The van der Waals surface area contributed by atoms with Crippen LogP contribution in [-0.2, 0) is 16.8 Å². The summed E-state index contributed by atoms with van der Waals surface area (Å²) >= 11 is 7.61. The Labute approximate surface area is 135 Å². The zero-order valence-electron chi connectivity index (χ0n) is 11.9. The molecule has 4 nitrogen and oxygen atoms in total. The molecule has 1 aliphatic carbocycles. The Kier molecular flexibility index (Phi) is 4.90. The normalized spacial score (nSPS) is 24.6. The van der Waals surface area contributed by atoms with Crippen LogP contribution in [0, 0.1) is 0 Å². The van der Waals surface area contributed by atoms with Gasteiger partial charge < -0.3 is 0 Å². The average molecular weight is 349 g/mol. The van der Waals surface area contributed by atoms with Crippen molar-refractivity contribution in [3.8, 4) is 0 Å². The molecule has 1 aromatic heterocycles. The third kappa shape index (κ3) is 3.45. The van der Waals surface area contributed by atoms with Crippen molar-refractivity contribution in [2.24, 2.45) is 0 Å². The Hall–Kier alpha value is -0.140. The molecule has 0 radical (unpaired) electrons. The SMILES string of the molecule is O=S(=O)(N1CCCCC1CCl)N(Cc1ccsc1)C1CC1. The average Bonchev–Trinajstić information content (AvgIpc) is 3.20. The van der Waals surface area contributed by atoms with E-state index in [9.17, 15) is 8.42 Å². The molecule has 0 aromatic carbocycles. The summed E-state index contributed by atoms with van der Waals surface area (Å²) in [4.78, 5) is 0. The van der Waals surface area contributed by atoms with E-state index in [1.807, 2.05) is 16.8 Å². The highest BCUT2D eigenvalue weighted by atomic mass is 35.5. The molecule has 1 saturated carbocycles. The topological polar surface area (TPSA) is 40.6 Å².